The molecule has 0 heterocycles. The summed E-state index contributed by atoms with van der Waals surface area (Å²) >= 11 is 0. The fourth-order valence-corrected chi connectivity index (χ4v) is 7.31. The summed E-state index contributed by atoms with van der Waals surface area (Å²) in [5.41, 5.74) is 13.2. The number of fused-ring (bicyclic) bond motifs is 6. The van der Waals surface area contributed by atoms with E-state index in [1.165, 1.54) is 88.0 Å². The van der Waals surface area contributed by atoms with Crippen molar-refractivity contribution in [3.63, 3.8) is 0 Å². The summed E-state index contributed by atoms with van der Waals surface area (Å²) in [5.74, 6) is 0. The minimum Gasteiger partial charge on any atom is -0.0619 e. The average Bonchev–Trinajstić information content (AvgIpc) is 3.45. The van der Waals surface area contributed by atoms with Gasteiger partial charge < -0.3 is 0 Å². The van der Waals surface area contributed by atoms with E-state index in [2.05, 4.69) is 158 Å². The van der Waals surface area contributed by atoms with Crippen LogP contribution in [0.1, 0.15) is 11.1 Å². The van der Waals surface area contributed by atoms with E-state index >= 15 is 0 Å². The Morgan fingerprint density at radius 2 is 0.814 bits per heavy atom. The third kappa shape index (κ3) is 3.77. The first-order chi connectivity index (χ1) is 21.3. The van der Waals surface area contributed by atoms with Gasteiger partial charge in [-0.25, -0.2) is 0 Å². The Balaban J connectivity index is 1.23. The molecule has 0 nitrogen and oxygen atoms in total. The molecule has 1 aliphatic rings. The summed E-state index contributed by atoms with van der Waals surface area (Å²) in [5, 5.41) is 7.69. The van der Waals surface area contributed by atoms with Crippen molar-refractivity contribution in [1.29, 1.82) is 0 Å². The quantitative estimate of drug-likeness (QED) is 0.194. The Kier molecular flexibility index (Phi) is 5.36. The van der Waals surface area contributed by atoms with Crippen molar-refractivity contribution in [1.82, 2.24) is 0 Å². The minimum absolute atomic E-state index is 1.03. The van der Waals surface area contributed by atoms with Gasteiger partial charge in [0.25, 0.3) is 0 Å². The molecule has 200 valence electrons. The van der Waals surface area contributed by atoms with Gasteiger partial charge in [-0.3, -0.25) is 0 Å². The molecule has 0 N–H and O–H groups in total. The summed E-state index contributed by atoms with van der Waals surface area (Å²) in [6.45, 7) is 0. The highest BCUT2D eigenvalue weighted by Crippen LogP contribution is 2.45. The maximum Gasteiger partial charge on any atom is -0.00134 e. The van der Waals surface area contributed by atoms with Gasteiger partial charge in [0.05, 0.1) is 0 Å². The molecule has 8 aromatic rings. The summed E-state index contributed by atoms with van der Waals surface area (Å²) in [6, 6.07) is 58.2. The molecule has 1 aliphatic carbocycles. The van der Waals surface area contributed by atoms with Gasteiger partial charge in [-0.05, 0) is 100 Å². The lowest BCUT2D eigenvalue weighted by molar-refractivity contribution is 1.26. The highest BCUT2D eigenvalue weighted by atomic mass is 14.2. The Hall–Kier alpha value is -5.46. The van der Waals surface area contributed by atoms with Gasteiger partial charge in [-0.1, -0.05) is 152 Å². The molecule has 0 amide bonds. The highest BCUT2D eigenvalue weighted by molar-refractivity contribution is 6.23. The molecule has 8 aromatic carbocycles. The molecule has 0 heteroatoms. The summed E-state index contributed by atoms with van der Waals surface area (Å²) in [7, 11) is 0. The fraction of sp³-hybridized carbons (Fsp3) is 0.0233. The number of rotatable bonds is 3. The molecule has 0 saturated heterocycles. The fourth-order valence-electron chi connectivity index (χ4n) is 7.31. The Labute approximate surface area is 251 Å². The predicted molar refractivity (Wildman–Crippen MR) is 184 cm³/mol. The number of hydrogen-bond acceptors (Lipinski definition) is 0. The molecule has 0 bridgehead atoms. The standard InChI is InChI=1S/C43H28/c1-3-13-34-29(10-1)12-9-19-36(34)43-39-17-7-5-15-37(39)42(38-16-6-8-18-40(38)43)30-22-20-28(21-23-30)31-24-25-33-26-32-11-2-4-14-35(32)41(33)27-31/h1-25,27H,26H2. The predicted octanol–water partition coefficient (Wildman–Crippen LogP) is 11.7. The van der Waals surface area contributed by atoms with Crippen molar-refractivity contribution in [3.8, 4) is 44.5 Å². The lowest BCUT2D eigenvalue weighted by Gasteiger charge is -2.19. The zero-order chi connectivity index (χ0) is 28.3. The lowest BCUT2D eigenvalue weighted by Crippen LogP contribution is -1.91. The Bertz CT molecular complexity index is 2290. The van der Waals surface area contributed by atoms with Crippen LogP contribution in [0.5, 0.6) is 0 Å². The maximum absolute atomic E-state index is 2.37. The van der Waals surface area contributed by atoms with E-state index in [0.29, 0.717) is 0 Å². The lowest BCUT2D eigenvalue weighted by atomic mass is 9.84. The van der Waals surface area contributed by atoms with Crippen LogP contribution in [0.25, 0.3) is 76.8 Å². The molecule has 9 rings (SSSR count). The first-order valence-electron chi connectivity index (χ1n) is 15.1. The third-order valence-corrected chi connectivity index (χ3v) is 9.30. The van der Waals surface area contributed by atoms with Crippen molar-refractivity contribution >= 4 is 32.3 Å². The molecule has 0 aliphatic heterocycles. The second-order valence-electron chi connectivity index (χ2n) is 11.7. The molecule has 0 radical (unpaired) electrons. The highest BCUT2D eigenvalue weighted by Gasteiger charge is 2.20. The summed E-state index contributed by atoms with van der Waals surface area (Å²) < 4.78 is 0. The van der Waals surface area contributed by atoms with Crippen LogP contribution >= 0.6 is 0 Å². The number of hydrogen-bond donors (Lipinski definition) is 0. The van der Waals surface area contributed by atoms with Gasteiger partial charge in [0.2, 0.25) is 0 Å². The van der Waals surface area contributed by atoms with Gasteiger partial charge in [0, 0.05) is 0 Å². The molecule has 0 spiro atoms. The Morgan fingerprint density at radius 3 is 1.56 bits per heavy atom. The SMILES string of the molecule is c1ccc2c(c1)Cc1ccc(-c3ccc(-c4c5ccccc5c(-c5cccc6ccccc56)c5ccccc45)cc3)cc1-2. The van der Waals surface area contributed by atoms with E-state index in [-0.39, 0.29) is 0 Å². The number of benzene rings is 8. The first-order valence-corrected chi connectivity index (χ1v) is 15.1. The Morgan fingerprint density at radius 1 is 0.302 bits per heavy atom. The van der Waals surface area contributed by atoms with Crippen LogP contribution in [0.15, 0.2) is 158 Å². The van der Waals surface area contributed by atoms with Crippen molar-refractivity contribution in [3.05, 3.63) is 169 Å². The normalized spacial score (nSPS) is 12.1. The second kappa shape index (κ2) is 9.54. The first kappa shape index (κ1) is 24.2. The largest absolute Gasteiger partial charge is 0.0619 e. The van der Waals surface area contributed by atoms with Gasteiger partial charge in [-0.2, -0.15) is 0 Å². The maximum atomic E-state index is 2.37. The van der Waals surface area contributed by atoms with Crippen molar-refractivity contribution in [2.75, 3.05) is 0 Å². The molecule has 0 fully saturated rings. The van der Waals surface area contributed by atoms with Crippen LogP contribution < -0.4 is 0 Å². The zero-order valence-electron chi connectivity index (χ0n) is 23.7. The molecule has 0 unspecified atom stereocenters. The van der Waals surface area contributed by atoms with E-state index in [1.807, 2.05) is 0 Å². The molecule has 0 atom stereocenters. The van der Waals surface area contributed by atoms with E-state index in [9.17, 15) is 0 Å². The minimum atomic E-state index is 1.03. The molecule has 0 saturated carbocycles. The topological polar surface area (TPSA) is 0 Å². The van der Waals surface area contributed by atoms with E-state index in [0.717, 1.165) is 6.42 Å². The monoisotopic (exact) mass is 544 g/mol. The average molecular weight is 545 g/mol. The van der Waals surface area contributed by atoms with Crippen molar-refractivity contribution < 1.29 is 0 Å². The summed E-state index contributed by atoms with van der Waals surface area (Å²) in [4.78, 5) is 0. The van der Waals surface area contributed by atoms with Crippen LogP contribution in [-0.2, 0) is 6.42 Å². The molecular weight excluding hydrogens is 516 g/mol. The van der Waals surface area contributed by atoms with E-state index in [1.54, 1.807) is 0 Å². The van der Waals surface area contributed by atoms with Crippen LogP contribution in [0.2, 0.25) is 0 Å². The van der Waals surface area contributed by atoms with Crippen LogP contribution in [0.3, 0.4) is 0 Å². The molecular formula is C43H28. The van der Waals surface area contributed by atoms with E-state index in [4.69, 9.17) is 0 Å². The van der Waals surface area contributed by atoms with Crippen LogP contribution in [0, 0.1) is 0 Å². The van der Waals surface area contributed by atoms with Crippen LogP contribution in [-0.4, -0.2) is 0 Å². The van der Waals surface area contributed by atoms with Crippen LogP contribution in [0.4, 0.5) is 0 Å². The molecule has 0 aromatic heterocycles. The zero-order valence-corrected chi connectivity index (χ0v) is 23.7. The second-order valence-corrected chi connectivity index (χ2v) is 11.7. The van der Waals surface area contributed by atoms with Gasteiger partial charge >= 0.3 is 0 Å². The van der Waals surface area contributed by atoms with Gasteiger partial charge in [0.15, 0.2) is 0 Å². The molecule has 43 heavy (non-hydrogen) atoms. The van der Waals surface area contributed by atoms with Gasteiger partial charge in [-0.15, -0.1) is 0 Å². The van der Waals surface area contributed by atoms with Crippen molar-refractivity contribution in [2.45, 2.75) is 6.42 Å². The third-order valence-electron chi connectivity index (χ3n) is 9.30. The summed E-state index contributed by atoms with van der Waals surface area (Å²) in [6.07, 6.45) is 1.03. The van der Waals surface area contributed by atoms with Crippen molar-refractivity contribution in [2.24, 2.45) is 0 Å². The van der Waals surface area contributed by atoms with E-state index < -0.39 is 0 Å². The smallest absolute Gasteiger partial charge is 0.00134 e. The van der Waals surface area contributed by atoms with Gasteiger partial charge in [0.1, 0.15) is 0 Å².